The predicted octanol–water partition coefficient (Wildman–Crippen LogP) is 3.30. The Bertz CT molecular complexity index is 292. The highest BCUT2D eigenvalue weighted by molar-refractivity contribution is 7.99. The molecule has 1 atom stereocenters. The fraction of sp³-hybridized carbons (Fsp3) is 0.500. The molecule has 1 saturated heterocycles. The van der Waals surface area contributed by atoms with Crippen molar-refractivity contribution in [2.24, 2.45) is 0 Å². The Morgan fingerprint density at radius 2 is 2.36 bits per heavy atom. The minimum Gasteiger partial charge on any atom is -0.381 e. The Hall–Kier alpha value is -0.630. The van der Waals surface area contributed by atoms with E-state index in [9.17, 15) is 0 Å². The molecule has 0 spiro atoms. The van der Waals surface area contributed by atoms with E-state index in [1.807, 2.05) is 0 Å². The first-order chi connectivity index (χ1) is 6.84. The number of benzene rings is 1. The molecule has 2 heteroatoms. The summed E-state index contributed by atoms with van der Waals surface area (Å²) < 4.78 is 0. The van der Waals surface area contributed by atoms with Gasteiger partial charge >= 0.3 is 0 Å². The van der Waals surface area contributed by atoms with Gasteiger partial charge in [-0.15, -0.1) is 0 Å². The van der Waals surface area contributed by atoms with Crippen molar-refractivity contribution in [3.05, 3.63) is 29.8 Å². The smallest absolute Gasteiger partial charge is 0.0352 e. The van der Waals surface area contributed by atoms with Crippen molar-refractivity contribution < 1.29 is 0 Å². The minimum absolute atomic E-state index is 0.676. The number of nitrogens with one attached hydrogen (secondary N) is 1. The largest absolute Gasteiger partial charge is 0.381 e. The highest BCUT2D eigenvalue weighted by Gasteiger charge is 2.12. The van der Waals surface area contributed by atoms with Crippen molar-refractivity contribution in [2.75, 3.05) is 16.8 Å². The third-order valence-corrected chi connectivity index (χ3v) is 3.76. The highest BCUT2D eigenvalue weighted by atomic mass is 32.2. The molecule has 1 N–H and O–H groups in total. The van der Waals surface area contributed by atoms with Gasteiger partial charge < -0.3 is 5.32 Å². The van der Waals surface area contributed by atoms with Crippen molar-refractivity contribution in [2.45, 2.75) is 25.8 Å². The van der Waals surface area contributed by atoms with Crippen LogP contribution in [0.15, 0.2) is 24.3 Å². The summed E-state index contributed by atoms with van der Waals surface area (Å²) in [4.78, 5) is 0. The second-order valence-corrected chi connectivity index (χ2v) is 5.08. The zero-order valence-corrected chi connectivity index (χ0v) is 9.44. The van der Waals surface area contributed by atoms with Gasteiger partial charge in [-0.05, 0) is 43.2 Å². The lowest BCUT2D eigenvalue weighted by molar-refractivity contribution is 0.685. The summed E-state index contributed by atoms with van der Waals surface area (Å²) in [5, 5.41) is 3.60. The number of thioether (sulfide) groups is 1. The normalized spacial score (nSPS) is 21.9. The van der Waals surface area contributed by atoms with E-state index >= 15 is 0 Å². The average Bonchev–Trinajstić information content (AvgIpc) is 2.19. The second kappa shape index (κ2) is 4.74. The summed E-state index contributed by atoms with van der Waals surface area (Å²) in [5.41, 5.74) is 2.61. The fourth-order valence-corrected chi connectivity index (χ4v) is 2.90. The Balaban J connectivity index is 1.95. The lowest BCUT2D eigenvalue weighted by Gasteiger charge is -2.23. The first kappa shape index (κ1) is 9.91. The monoisotopic (exact) mass is 207 g/mol. The van der Waals surface area contributed by atoms with Crippen molar-refractivity contribution in [3.8, 4) is 0 Å². The van der Waals surface area contributed by atoms with E-state index in [-0.39, 0.29) is 0 Å². The van der Waals surface area contributed by atoms with Gasteiger partial charge in [0.15, 0.2) is 0 Å². The number of anilines is 1. The fourth-order valence-electron chi connectivity index (χ4n) is 1.83. The van der Waals surface area contributed by atoms with Crippen LogP contribution in [0.5, 0.6) is 0 Å². The molecule has 14 heavy (non-hydrogen) atoms. The maximum atomic E-state index is 3.60. The third-order valence-electron chi connectivity index (χ3n) is 2.55. The zero-order valence-electron chi connectivity index (χ0n) is 8.62. The van der Waals surface area contributed by atoms with Crippen molar-refractivity contribution in [3.63, 3.8) is 0 Å². The maximum Gasteiger partial charge on any atom is 0.0352 e. The zero-order chi connectivity index (χ0) is 9.80. The topological polar surface area (TPSA) is 12.0 Å². The Labute approximate surface area is 90.3 Å². The highest BCUT2D eigenvalue weighted by Crippen LogP contribution is 2.21. The predicted molar refractivity (Wildman–Crippen MR) is 65.1 cm³/mol. The Morgan fingerprint density at radius 1 is 1.43 bits per heavy atom. The molecule has 1 aromatic rings. The van der Waals surface area contributed by atoms with Crippen LogP contribution in [0.25, 0.3) is 0 Å². The van der Waals surface area contributed by atoms with Crippen LogP contribution in [-0.4, -0.2) is 17.5 Å². The Morgan fingerprint density at radius 3 is 3.07 bits per heavy atom. The van der Waals surface area contributed by atoms with Crippen LogP contribution < -0.4 is 5.32 Å². The Kier molecular flexibility index (Phi) is 3.35. The summed E-state index contributed by atoms with van der Waals surface area (Å²) in [6.07, 6.45) is 2.68. The molecular weight excluding hydrogens is 190 g/mol. The molecule has 0 bridgehead atoms. The molecule has 1 aromatic carbocycles. The van der Waals surface area contributed by atoms with Crippen LogP contribution in [-0.2, 0) is 0 Å². The van der Waals surface area contributed by atoms with Gasteiger partial charge in [0.25, 0.3) is 0 Å². The van der Waals surface area contributed by atoms with E-state index in [2.05, 4.69) is 48.3 Å². The van der Waals surface area contributed by atoms with E-state index in [1.165, 1.54) is 35.6 Å². The standard InChI is InChI=1S/C12H17NS/c1-10-4-2-5-11(8-10)13-12-6-3-7-14-9-12/h2,4-5,8,12-13H,3,6-7,9H2,1H3/t12-/m0/s1. The molecule has 1 heterocycles. The molecule has 0 aromatic heterocycles. The van der Waals surface area contributed by atoms with Crippen LogP contribution >= 0.6 is 11.8 Å². The van der Waals surface area contributed by atoms with Crippen molar-refractivity contribution in [1.29, 1.82) is 0 Å². The number of aryl methyl sites for hydroxylation is 1. The molecule has 1 aliphatic rings. The molecule has 1 aliphatic heterocycles. The summed E-state index contributed by atoms with van der Waals surface area (Å²) in [6, 6.07) is 9.32. The van der Waals surface area contributed by atoms with Gasteiger partial charge in [0.05, 0.1) is 0 Å². The van der Waals surface area contributed by atoms with Gasteiger partial charge in [0.2, 0.25) is 0 Å². The summed E-state index contributed by atoms with van der Waals surface area (Å²) in [7, 11) is 0. The van der Waals surface area contributed by atoms with E-state index in [1.54, 1.807) is 0 Å². The second-order valence-electron chi connectivity index (χ2n) is 3.93. The number of hydrogen-bond donors (Lipinski definition) is 1. The molecule has 0 saturated carbocycles. The van der Waals surface area contributed by atoms with E-state index in [4.69, 9.17) is 0 Å². The quantitative estimate of drug-likeness (QED) is 0.798. The molecule has 1 fully saturated rings. The maximum absolute atomic E-state index is 3.60. The van der Waals surface area contributed by atoms with Gasteiger partial charge in [0, 0.05) is 17.5 Å². The van der Waals surface area contributed by atoms with Gasteiger partial charge in [-0.1, -0.05) is 12.1 Å². The SMILES string of the molecule is Cc1cccc(N[C@H]2CCCSC2)c1. The van der Waals surface area contributed by atoms with Crippen LogP contribution in [0.4, 0.5) is 5.69 Å². The van der Waals surface area contributed by atoms with Crippen LogP contribution in [0.2, 0.25) is 0 Å². The molecule has 1 nitrogen and oxygen atoms in total. The molecule has 0 amide bonds. The van der Waals surface area contributed by atoms with Crippen LogP contribution in [0, 0.1) is 6.92 Å². The first-order valence-electron chi connectivity index (χ1n) is 5.25. The van der Waals surface area contributed by atoms with E-state index in [0.717, 1.165) is 0 Å². The third kappa shape index (κ3) is 2.68. The number of hydrogen-bond acceptors (Lipinski definition) is 2. The van der Waals surface area contributed by atoms with Gasteiger partial charge in [-0.25, -0.2) is 0 Å². The average molecular weight is 207 g/mol. The van der Waals surface area contributed by atoms with Gasteiger partial charge in [0.1, 0.15) is 0 Å². The van der Waals surface area contributed by atoms with Crippen molar-refractivity contribution in [1.82, 2.24) is 0 Å². The molecule has 76 valence electrons. The lowest BCUT2D eigenvalue weighted by Crippen LogP contribution is -2.25. The summed E-state index contributed by atoms with van der Waals surface area (Å²) in [6.45, 7) is 2.14. The van der Waals surface area contributed by atoms with E-state index in [0.29, 0.717) is 6.04 Å². The molecule has 0 aliphatic carbocycles. The molecule has 0 radical (unpaired) electrons. The summed E-state index contributed by atoms with van der Waals surface area (Å²) >= 11 is 2.06. The molecule has 0 unspecified atom stereocenters. The lowest BCUT2D eigenvalue weighted by atomic mass is 10.1. The van der Waals surface area contributed by atoms with Crippen molar-refractivity contribution >= 4 is 17.4 Å². The number of rotatable bonds is 2. The van der Waals surface area contributed by atoms with Gasteiger partial charge in [-0.2, -0.15) is 11.8 Å². The first-order valence-corrected chi connectivity index (χ1v) is 6.41. The minimum atomic E-state index is 0.676. The van der Waals surface area contributed by atoms with Crippen LogP contribution in [0.1, 0.15) is 18.4 Å². The van der Waals surface area contributed by atoms with Crippen LogP contribution in [0.3, 0.4) is 0 Å². The molecule has 2 rings (SSSR count). The summed E-state index contributed by atoms with van der Waals surface area (Å²) in [5.74, 6) is 2.60. The van der Waals surface area contributed by atoms with E-state index < -0.39 is 0 Å². The molecular formula is C12H17NS. The van der Waals surface area contributed by atoms with Gasteiger partial charge in [-0.3, -0.25) is 0 Å².